The third-order valence-corrected chi connectivity index (χ3v) is 3.34. The molecule has 1 aromatic heterocycles. The summed E-state index contributed by atoms with van der Waals surface area (Å²) in [4.78, 5) is 8.83. The smallest absolute Gasteiger partial charge is 0.161 e. The van der Waals surface area contributed by atoms with Gasteiger partial charge in [0.25, 0.3) is 0 Å². The molecule has 110 valence electrons. The maximum atomic E-state index is 9.27. The Labute approximate surface area is 129 Å². The molecule has 3 rings (SSSR count). The summed E-state index contributed by atoms with van der Waals surface area (Å²) in [6.45, 7) is 0.774. The molecule has 0 atom stereocenters. The van der Waals surface area contributed by atoms with E-state index in [0.717, 1.165) is 30.2 Å². The van der Waals surface area contributed by atoms with Gasteiger partial charge in [0.1, 0.15) is 11.6 Å². The minimum atomic E-state index is 0.292. The van der Waals surface area contributed by atoms with Crippen molar-refractivity contribution in [1.29, 1.82) is 0 Å². The topological polar surface area (TPSA) is 58.0 Å². The Kier molecular flexibility index (Phi) is 4.30. The van der Waals surface area contributed by atoms with Gasteiger partial charge in [-0.3, -0.25) is 0 Å². The van der Waals surface area contributed by atoms with Crippen molar-refractivity contribution in [2.45, 2.75) is 6.42 Å². The summed E-state index contributed by atoms with van der Waals surface area (Å²) in [5.74, 6) is 1.82. The van der Waals surface area contributed by atoms with E-state index < -0.39 is 0 Å². The van der Waals surface area contributed by atoms with Crippen molar-refractivity contribution in [1.82, 2.24) is 9.97 Å². The Morgan fingerprint density at radius 2 is 1.68 bits per heavy atom. The second-order valence-electron chi connectivity index (χ2n) is 4.97. The summed E-state index contributed by atoms with van der Waals surface area (Å²) >= 11 is 0. The van der Waals surface area contributed by atoms with Crippen LogP contribution in [-0.2, 0) is 6.42 Å². The largest absolute Gasteiger partial charge is 0.508 e. The van der Waals surface area contributed by atoms with E-state index >= 15 is 0 Å². The molecule has 2 aromatic carbocycles. The molecule has 1 heterocycles. The number of rotatable bonds is 5. The summed E-state index contributed by atoms with van der Waals surface area (Å²) < 4.78 is 0. The summed E-state index contributed by atoms with van der Waals surface area (Å²) in [5, 5.41) is 12.6. The first-order valence-electron chi connectivity index (χ1n) is 7.21. The molecule has 2 N–H and O–H groups in total. The second-order valence-corrected chi connectivity index (χ2v) is 4.97. The standard InChI is InChI=1S/C18H17N3O/c22-16-8-6-14(7-9-16)10-12-19-17-11-13-20-18(21-17)15-4-2-1-3-5-15/h1-9,11,13,22H,10,12H2,(H,19,20,21). The van der Waals surface area contributed by atoms with Crippen LogP contribution >= 0.6 is 0 Å². The Hall–Kier alpha value is -2.88. The second kappa shape index (κ2) is 6.72. The van der Waals surface area contributed by atoms with Crippen LogP contribution in [0.2, 0.25) is 0 Å². The average molecular weight is 291 g/mol. The van der Waals surface area contributed by atoms with E-state index in [9.17, 15) is 5.11 Å². The van der Waals surface area contributed by atoms with E-state index in [4.69, 9.17) is 0 Å². The molecule has 3 aromatic rings. The van der Waals surface area contributed by atoms with E-state index in [-0.39, 0.29) is 0 Å². The quantitative estimate of drug-likeness (QED) is 0.755. The zero-order chi connectivity index (χ0) is 15.2. The molecule has 0 spiro atoms. The highest BCUT2D eigenvalue weighted by atomic mass is 16.3. The van der Waals surface area contributed by atoms with Crippen LogP contribution in [0.3, 0.4) is 0 Å². The number of aromatic nitrogens is 2. The predicted octanol–water partition coefficient (Wildman–Crippen LogP) is 3.50. The third kappa shape index (κ3) is 3.61. The average Bonchev–Trinajstić information content (AvgIpc) is 2.58. The fourth-order valence-corrected chi connectivity index (χ4v) is 2.18. The van der Waals surface area contributed by atoms with Crippen molar-refractivity contribution >= 4 is 5.82 Å². The van der Waals surface area contributed by atoms with Gasteiger partial charge in [0.05, 0.1) is 0 Å². The minimum Gasteiger partial charge on any atom is -0.508 e. The molecule has 0 saturated heterocycles. The van der Waals surface area contributed by atoms with Crippen molar-refractivity contribution in [3.63, 3.8) is 0 Å². The van der Waals surface area contributed by atoms with Crippen LogP contribution in [0.5, 0.6) is 5.75 Å². The minimum absolute atomic E-state index is 0.292. The van der Waals surface area contributed by atoms with Gasteiger partial charge in [-0.2, -0.15) is 0 Å². The highest BCUT2D eigenvalue weighted by Gasteiger charge is 2.02. The van der Waals surface area contributed by atoms with Crippen LogP contribution in [0, 0.1) is 0 Å². The number of benzene rings is 2. The number of phenolic OH excluding ortho intramolecular Hbond substituents is 1. The molecule has 0 fully saturated rings. The number of phenols is 1. The summed E-state index contributed by atoms with van der Waals surface area (Å²) in [6, 6.07) is 19.0. The lowest BCUT2D eigenvalue weighted by Gasteiger charge is -2.07. The molecule has 0 radical (unpaired) electrons. The van der Waals surface area contributed by atoms with E-state index in [1.165, 1.54) is 5.56 Å². The number of anilines is 1. The van der Waals surface area contributed by atoms with Crippen molar-refractivity contribution < 1.29 is 5.11 Å². The normalized spacial score (nSPS) is 10.4. The van der Waals surface area contributed by atoms with Crippen LogP contribution in [0.4, 0.5) is 5.82 Å². The number of nitrogens with one attached hydrogen (secondary N) is 1. The Morgan fingerprint density at radius 3 is 2.45 bits per heavy atom. The van der Waals surface area contributed by atoms with Crippen LogP contribution in [0.25, 0.3) is 11.4 Å². The van der Waals surface area contributed by atoms with Gasteiger partial charge in [-0.15, -0.1) is 0 Å². The first-order valence-corrected chi connectivity index (χ1v) is 7.21. The molecule has 0 aliphatic rings. The first kappa shape index (κ1) is 14.1. The zero-order valence-electron chi connectivity index (χ0n) is 12.1. The molecule has 22 heavy (non-hydrogen) atoms. The van der Waals surface area contributed by atoms with Crippen molar-refractivity contribution in [3.05, 3.63) is 72.4 Å². The van der Waals surface area contributed by atoms with Gasteiger partial charge in [0, 0.05) is 18.3 Å². The molecule has 4 heteroatoms. The molecule has 0 aliphatic heterocycles. The molecular weight excluding hydrogens is 274 g/mol. The van der Waals surface area contributed by atoms with E-state index in [0.29, 0.717) is 5.75 Å². The fraction of sp³-hybridized carbons (Fsp3) is 0.111. The summed E-state index contributed by atoms with van der Waals surface area (Å²) in [5.41, 5.74) is 2.17. The Bertz CT molecular complexity index is 727. The maximum absolute atomic E-state index is 9.27. The first-order chi connectivity index (χ1) is 10.8. The zero-order valence-corrected chi connectivity index (χ0v) is 12.1. The van der Waals surface area contributed by atoms with Crippen molar-refractivity contribution in [2.75, 3.05) is 11.9 Å². The molecule has 0 bridgehead atoms. The number of nitrogens with zero attached hydrogens (tertiary/aromatic N) is 2. The number of aromatic hydroxyl groups is 1. The highest BCUT2D eigenvalue weighted by Crippen LogP contribution is 2.15. The molecule has 4 nitrogen and oxygen atoms in total. The SMILES string of the molecule is Oc1ccc(CCNc2ccnc(-c3ccccc3)n2)cc1. The molecule has 0 unspecified atom stereocenters. The van der Waals surface area contributed by atoms with Crippen LogP contribution in [0.15, 0.2) is 66.9 Å². The Balaban J connectivity index is 1.62. The van der Waals surface area contributed by atoms with E-state index in [1.807, 2.05) is 48.5 Å². The van der Waals surface area contributed by atoms with Gasteiger partial charge >= 0.3 is 0 Å². The van der Waals surface area contributed by atoms with Gasteiger partial charge in [0.2, 0.25) is 0 Å². The van der Waals surface area contributed by atoms with Crippen LogP contribution < -0.4 is 5.32 Å². The lowest BCUT2D eigenvalue weighted by atomic mass is 10.1. The van der Waals surface area contributed by atoms with Crippen molar-refractivity contribution in [2.24, 2.45) is 0 Å². The molecular formula is C18H17N3O. The van der Waals surface area contributed by atoms with Crippen LogP contribution in [0.1, 0.15) is 5.56 Å². The third-order valence-electron chi connectivity index (χ3n) is 3.34. The van der Waals surface area contributed by atoms with Crippen LogP contribution in [-0.4, -0.2) is 21.6 Å². The van der Waals surface area contributed by atoms with E-state index in [2.05, 4.69) is 15.3 Å². The Morgan fingerprint density at radius 1 is 0.909 bits per heavy atom. The van der Waals surface area contributed by atoms with Gasteiger partial charge < -0.3 is 10.4 Å². The lowest BCUT2D eigenvalue weighted by molar-refractivity contribution is 0.475. The summed E-state index contributed by atoms with van der Waals surface area (Å²) in [7, 11) is 0. The van der Waals surface area contributed by atoms with Gasteiger partial charge in [-0.05, 0) is 30.2 Å². The van der Waals surface area contributed by atoms with Crippen molar-refractivity contribution in [3.8, 4) is 17.1 Å². The highest BCUT2D eigenvalue weighted by molar-refractivity contribution is 5.56. The van der Waals surface area contributed by atoms with Gasteiger partial charge in [0.15, 0.2) is 5.82 Å². The van der Waals surface area contributed by atoms with Gasteiger partial charge in [-0.1, -0.05) is 42.5 Å². The lowest BCUT2D eigenvalue weighted by Crippen LogP contribution is -2.07. The van der Waals surface area contributed by atoms with E-state index in [1.54, 1.807) is 18.3 Å². The summed E-state index contributed by atoms with van der Waals surface area (Å²) in [6.07, 6.45) is 2.63. The molecule has 0 saturated carbocycles. The monoisotopic (exact) mass is 291 g/mol. The molecule has 0 amide bonds. The predicted molar refractivity (Wildman–Crippen MR) is 87.8 cm³/mol. The maximum Gasteiger partial charge on any atom is 0.161 e. The number of hydrogen-bond donors (Lipinski definition) is 2. The molecule has 0 aliphatic carbocycles. The van der Waals surface area contributed by atoms with Gasteiger partial charge in [-0.25, -0.2) is 9.97 Å². The fourth-order valence-electron chi connectivity index (χ4n) is 2.18. The number of hydrogen-bond acceptors (Lipinski definition) is 4.